The minimum Gasteiger partial charge on any atom is -0.376 e. The summed E-state index contributed by atoms with van der Waals surface area (Å²) in [6, 6.07) is 17.7. The maximum Gasteiger partial charge on any atom is 0.254 e. The fourth-order valence-electron chi connectivity index (χ4n) is 4.22. The highest BCUT2D eigenvalue weighted by Crippen LogP contribution is 2.19. The van der Waals surface area contributed by atoms with Crippen molar-refractivity contribution in [2.75, 3.05) is 19.7 Å². The molecule has 1 aromatic heterocycles. The van der Waals surface area contributed by atoms with Crippen molar-refractivity contribution in [3.05, 3.63) is 93.4 Å². The van der Waals surface area contributed by atoms with Crippen molar-refractivity contribution < 1.29 is 18.7 Å². The zero-order chi connectivity index (χ0) is 24.6. The number of nitrogens with zero attached hydrogens (tertiary/aromatic N) is 2. The van der Waals surface area contributed by atoms with Crippen molar-refractivity contribution in [2.45, 2.75) is 45.4 Å². The molecule has 0 N–H and O–H groups in total. The van der Waals surface area contributed by atoms with Gasteiger partial charge in [-0.15, -0.1) is 11.3 Å². The van der Waals surface area contributed by atoms with Gasteiger partial charge >= 0.3 is 0 Å². The third-order valence-electron chi connectivity index (χ3n) is 6.24. The van der Waals surface area contributed by atoms with Crippen molar-refractivity contribution in [3.63, 3.8) is 0 Å². The number of amides is 2. The van der Waals surface area contributed by atoms with E-state index in [0.29, 0.717) is 31.8 Å². The third kappa shape index (κ3) is 6.99. The van der Waals surface area contributed by atoms with Gasteiger partial charge < -0.3 is 14.5 Å². The van der Waals surface area contributed by atoms with Crippen LogP contribution in [0.1, 0.15) is 46.1 Å². The van der Waals surface area contributed by atoms with Gasteiger partial charge in [-0.25, -0.2) is 4.39 Å². The van der Waals surface area contributed by atoms with Crippen LogP contribution in [0.4, 0.5) is 4.39 Å². The lowest BCUT2D eigenvalue weighted by Gasteiger charge is -2.29. The Morgan fingerprint density at radius 3 is 2.37 bits per heavy atom. The molecule has 0 unspecified atom stereocenters. The number of ether oxygens (including phenoxy) is 1. The van der Waals surface area contributed by atoms with Crippen molar-refractivity contribution in [1.29, 1.82) is 0 Å². The van der Waals surface area contributed by atoms with E-state index in [9.17, 15) is 14.0 Å². The van der Waals surface area contributed by atoms with Crippen LogP contribution >= 0.6 is 11.3 Å². The summed E-state index contributed by atoms with van der Waals surface area (Å²) in [5.74, 6) is -0.638. The first-order valence-electron chi connectivity index (χ1n) is 12.1. The van der Waals surface area contributed by atoms with Gasteiger partial charge in [-0.3, -0.25) is 9.59 Å². The molecule has 2 heterocycles. The number of carbonyl (C=O) groups is 2. The monoisotopic (exact) mass is 494 g/mol. The average Bonchev–Trinajstić information content (AvgIpc) is 3.58. The lowest BCUT2D eigenvalue weighted by atomic mass is 10.1. The Morgan fingerprint density at radius 1 is 1.00 bits per heavy atom. The first-order valence-corrected chi connectivity index (χ1v) is 12.9. The third-order valence-corrected chi connectivity index (χ3v) is 7.10. The van der Waals surface area contributed by atoms with Gasteiger partial charge in [0.2, 0.25) is 5.91 Å². The molecule has 0 radical (unpaired) electrons. The van der Waals surface area contributed by atoms with E-state index >= 15 is 0 Å². The highest BCUT2D eigenvalue weighted by Gasteiger charge is 2.27. The first kappa shape index (κ1) is 25.1. The van der Waals surface area contributed by atoms with E-state index in [-0.39, 0.29) is 30.3 Å². The molecular formula is C28H31FN2O3S. The Morgan fingerprint density at radius 2 is 1.74 bits per heavy atom. The van der Waals surface area contributed by atoms with E-state index in [1.54, 1.807) is 33.3 Å². The molecule has 4 rings (SSSR count). The van der Waals surface area contributed by atoms with Gasteiger partial charge in [-0.1, -0.05) is 37.3 Å². The van der Waals surface area contributed by atoms with Crippen LogP contribution in [0, 0.1) is 5.82 Å². The van der Waals surface area contributed by atoms with Crippen LogP contribution in [-0.4, -0.2) is 47.4 Å². The summed E-state index contributed by atoms with van der Waals surface area (Å²) in [6.45, 7) is 3.86. The Kier molecular flexibility index (Phi) is 8.66. The fraction of sp³-hybridized carbons (Fsp3) is 0.357. The molecular weight excluding hydrogens is 463 g/mol. The predicted octanol–water partition coefficient (Wildman–Crippen LogP) is 5.30. The number of benzene rings is 2. The second kappa shape index (κ2) is 12.1. The minimum absolute atomic E-state index is 0.0409. The molecule has 0 bridgehead atoms. The number of hydrogen-bond donors (Lipinski definition) is 0. The zero-order valence-electron chi connectivity index (χ0n) is 20.0. The van der Waals surface area contributed by atoms with Crippen LogP contribution in [0.5, 0.6) is 0 Å². The van der Waals surface area contributed by atoms with Crippen LogP contribution in [0.15, 0.2) is 66.0 Å². The standard InChI is InChI=1S/C28H31FN2O3S/c1-2-21-7-11-23(12-8-21)28(33)31(18-25-5-3-15-34-25)20-27(32)30(19-26-6-4-16-35-26)17-22-9-13-24(29)14-10-22/h4,6-14,16,25H,2-3,5,15,17-20H2,1H3/t25-/m1/s1. The predicted molar refractivity (Wildman–Crippen MR) is 136 cm³/mol. The van der Waals surface area contributed by atoms with Crippen LogP contribution < -0.4 is 0 Å². The summed E-state index contributed by atoms with van der Waals surface area (Å²) in [5, 5.41) is 1.98. The number of aryl methyl sites for hydroxylation is 1. The van der Waals surface area contributed by atoms with E-state index in [1.807, 2.05) is 41.8 Å². The largest absolute Gasteiger partial charge is 0.376 e. The molecule has 35 heavy (non-hydrogen) atoms. The molecule has 184 valence electrons. The maximum atomic E-state index is 13.6. The lowest BCUT2D eigenvalue weighted by Crippen LogP contribution is -2.45. The molecule has 3 aromatic rings. The Balaban J connectivity index is 1.54. The summed E-state index contributed by atoms with van der Waals surface area (Å²) in [6.07, 6.45) is 2.67. The smallest absolute Gasteiger partial charge is 0.254 e. The number of hydrogen-bond acceptors (Lipinski definition) is 4. The molecule has 2 aromatic carbocycles. The number of carbonyl (C=O) groups excluding carboxylic acids is 2. The number of halogens is 1. The van der Waals surface area contributed by atoms with Gasteiger partial charge in [0.15, 0.2) is 0 Å². The molecule has 1 fully saturated rings. The maximum absolute atomic E-state index is 13.6. The van der Waals surface area contributed by atoms with Crippen LogP contribution in [-0.2, 0) is 29.0 Å². The molecule has 7 heteroatoms. The fourth-order valence-corrected chi connectivity index (χ4v) is 4.93. The van der Waals surface area contributed by atoms with Gasteiger partial charge in [0.05, 0.1) is 12.6 Å². The molecule has 0 spiro atoms. The summed E-state index contributed by atoms with van der Waals surface area (Å²) in [7, 11) is 0. The molecule has 0 saturated carbocycles. The SMILES string of the molecule is CCc1ccc(C(=O)N(CC(=O)N(Cc2ccc(F)cc2)Cc2cccs2)C[C@H]2CCCO2)cc1. The van der Waals surface area contributed by atoms with Crippen molar-refractivity contribution in [2.24, 2.45) is 0 Å². The summed E-state index contributed by atoms with van der Waals surface area (Å²) < 4.78 is 19.2. The molecule has 5 nitrogen and oxygen atoms in total. The first-order chi connectivity index (χ1) is 17.0. The van der Waals surface area contributed by atoms with Gasteiger partial charge in [0.25, 0.3) is 5.91 Å². The van der Waals surface area contributed by atoms with Crippen molar-refractivity contribution in [1.82, 2.24) is 9.80 Å². The summed E-state index contributed by atoms with van der Waals surface area (Å²) in [4.78, 5) is 31.4. The molecule has 2 amide bonds. The zero-order valence-corrected chi connectivity index (χ0v) is 20.8. The van der Waals surface area contributed by atoms with Crippen LogP contribution in [0.25, 0.3) is 0 Å². The van der Waals surface area contributed by atoms with E-state index < -0.39 is 0 Å². The minimum atomic E-state index is -0.313. The lowest BCUT2D eigenvalue weighted by molar-refractivity contribution is -0.133. The highest BCUT2D eigenvalue weighted by atomic mass is 32.1. The molecule has 1 aliphatic rings. The van der Waals surface area contributed by atoms with E-state index in [1.165, 1.54) is 12.1 Å². The molecule has 1 atom stereocenters. The van der Waals surface area contributed by atoms with E-state index in [2.05, 4.69) is 6.92 Å². The van der Waals surface area contributed by atoms with Gasteiger partial charge in [0, 0.05) is 30.1 Å². The van der Waals surface area contributed by atoms with E-state index in [0.717, 1.165) is 35.3 Å². The van der Waals surface area contributed by atoms with Crippen molar-refractivity contribution in [3.8, 4) is 0 Å². The quantitative estimate of drug-likeness (QED) is 0.384. The van der Waals surface area contributed by atoms with Gasteiger partial charge in [-0.2, -0.15) is 0 Å². The topological polar surface area (TPSA) is 49.9 Å². The van der Waals surface area contributed by atoms with Gasteiger partial charge in [0.1, 0.15) is 12.4 Å². The molecule has 1 saturated heterocycles. The molecule has 1 aliphatic heterocycles. The Labute approximate surface area is 210 Å². The Hall–Kier alpha value is -3.03. The van der Waals surface area contributed by atoms with E-state index in [4.69, 9.17) is 4.74 Å². The summed E-state index contributed by atoms with van der Waals surface area (Å²) in [5.41, 5.74) is 2.56. The van der Waals surface area contributed by atoms with Crippen LogP contribution in [0.3, 0.4) is 0 Å². The van der Waals surface area contributed by atoms with Gasteiger partial charge in [-0.05, 0) is 66.1 Å². The highest BCUT2D eigenvalue weighted by molar-refractivity contribution is 7.09. The second-order valence-electron chi connectivity index (χ2n) is 8.83. The summed E-state index contributed by atoms with van der Waals surface area (Å²) >= 11 is 1.58. The normalized spacial score (nSPS) is 15.2. The molecule has 0 aliphatic carbocycles. The average molecular weight is 495 g/mol. The number of thiophene rings is 1. The second-order valence-corrected chi connectivity index (χ2v) is 9.86. The van der Waals surface area contributed by atoms with Crippen molar-refractivity contribution >= 4 is 23.2 Å². The number of rotatable bonds is 10. The Bertz CT molecular complexity index is 1090. The van der Waals surface area contributed by atoms with Crippen LogP contribution in [0.2, 0.25) is 0 Å².